The zero-order chi connectivity index (χ0) is 14.3. The van der Waals surface area contributed by atoms with Gasteiger partial charge in [-0.2, -0.15) is 0 Å². The summed E-state index contributed by atoms with van der Waals surface area (Å²) in [6.45, 7) is 6.21. The molecule has 3 nitrogen and oxygen atoms in total. The molecule has 0 spiro atoms. The van der Waals surface area contributed by atoms with Gasteiger partial charge in [-0.15, -0.1) is 0 Å². The predicted octanol–water partition coefficient (Wildman–Crippen LogP) is 5.00. The summed E-state index contributed by atoms with van der Waals surface area (Å²) in [5.74, 6) is 0.200. The minimum absolute atomic E-state index is 0.156. The topological polar surface area (TPSA) is 43.1 Å². The first kappa shape index (κ1) is 15.2. The van der Waals surface area contributed by atoms with Crippen LogP contribution in [0.5, 0.6) is 0 Å². The molecule has 19 heavy (non-hydrogen) atoms. The molecule has 1 aromatic rings. The second-order valence-electron chi connectivity index (χ2n) is 4.62. The van der Waals surface area contributed by atoms with Gasteiger partial charge in [-0.3, -0.25) is 10.1 Å². The lowest BCUT2D eigenvalue weighted by Gasteiger charge is -2.11. The van der Waals surface area contributed by atoms with Crippen molar-refractivity contribution in [2.45, 2.75) is 39.5 Å². The van der Waals surface area contributed by atoms with Crippen molar-refractivity contribution in [2.24, 2.45) is 0 Å². The van der Waals surface area contributed by atoms with Gasteiger partial charge in [-0.1, -0.05) is 42.9 Å². The third-order valence-corrected chi connectivity index (χ3v) is 3.21. The Hall–Kier alpha value is -1.90. The van der Waals surface area contributed by atoms with Gasteiger partial charge in [0, 0.05) is 18.1 Å². The zero-order valence-corrected chi connectivity index (χ0v) is 11.8. The number of non-ortho nitro benzene ring substituents is 1. The number of rotatable bonds is 6. The van der Waals surface area contributed by atoms with E-state index in [1.807, 2.05) is 19.1 Å². The molecule has 0 radical (unpaired) electrons. The Morgan fingerprint density at radius 2 is 2.21 bits per heavy atom. The van der Waals surface area contributed by atoms with E-state index in [0.717, 1.165) is 18.4 Å². The van der Waals surface area contributed by atoms with Crippen molar-refractivity contribution < 1.29 is 4.92 Å². The quantitative estimate of drug-likeness (QED) is 0.410. The fraction of sp³-hybridized carbons (Fsp3) is 0.375. The van der Waals surface area contributed by atoms with Crippen molar-refractivity contribution in [3.63, 3.8) is 0 Å². The molecule has 0 saturated carbocycles. The molecule has 0 aromatic heterocycles. The Bertz CT molecular complexity index is 489. The predicted molar refractivity (Wildman–Crippen MR) is 79.3 cm³/mol. The standard InChI is InChI=1S/C16H21NO2/c1-4-7-14(11-10-13(3)5-2)15-8-6-9-16(12-15)17(18)19/h4,6-10,12,14H,5,11H2,1-3H3/b7-4-,13-10+. The number of nitro benzene ring substituents is 1. The van der Waals surface area contributed by atoms with Gasteiger partial charge in [0.25, 0.3) is 5.69 Å². The summed E-state index contributed by atoms with van der Waals surface area (Å²) in [5, 5.41) is 10.8. The van der Waals surface area contributed by atoms with Crippen molar-refractivity contribution >= 4 is 5.69 Å². The van der Waals surface area contributed by atoms with Crippen molar-refractivity contribution in [2.75, 3.05) is 0 Å². The summed E-state index contributed by atoms with van der Waals surface area (Å²) in [6.07, 6.45) is 8.23. The first-order valence-electron chi connectivity index (χ1n) is 6.61. The Balaban J connectivity index is 2.99. The smallest absolute Gasteiger partial charge is 0.258 e. The minimum Gasteiger partial charge on any atom is -0.258 e. The summed E-state index contributed by atoms with van der Waals surface area (Å²) in [4.78, 5) is 10.5. The molecule has 1 rings (SSSR count). The number of nitro groups is 1. The highest BCUT2D eigenvalue weighted by Gasteiger charge is 2.11. The lowest BCUT2D eigenvalue weighted by atomic mass is 9.93. The highest BCUT2D eigenvalue weighted by atomic mass is 16.6. The van der Waals surface area contributed by atoms with E-state index in [2.05, 4.69) is 26.0 Å². The van der Waals surface area contributed by atoms with E-state index in [9.17, 15) is 10.1 Å². The third-order valence-electron chi connectivity index (χ3n) is 3.21. The molecule has 0 bridgehead atoms. The molecular formula is C16H21NO2. The maximum absolute atomic E-state index is 10.8. The van der Waals surface area contributed by atoms with Gasteiger partial charge in [-0.25, -0.2) is 0 Å². The zero-order valence-electron chi connectivity index (χ0n) is 11.8. The number of allylic oxidation sites excluding steroid dienone is 4. The van der Waals surface area contributed by atoms with Gasteiger partial charge in [-0.05, 0) is 32.3 Å². The van der Waals surface area contributed by atoms with Gasteiger partial charge >= 0.3 is 0 Å². The van der Waals surface area contributed by atoms with Crippen molar-refractivity contribution in [3.8, 4) is 0 Å². The van der Waals surface area contributed by atoms with Gasteiger partial charge < -0.3 is 0 Å². The van der Waals surface area contributed by atoms with Crippen LogP contribution >= 0.6 is 0 Å². The Morgan fingerprint density at radius 1 is 1.47 bits per heavy atom. The molecule has 3 heteroatoms. The number of hydrogen-bond acceptors (Lipinski definition) is 2. The summed E-state index contributed by atoms with van der Waals surface area (Å²) < 4.78 is 0. The van der Waals surface area contributed by atoms with E-state index in [-0.39, 0.29) is 16.5 Å². The minimum atomic E-state index is -0.344. The molecule has 1 atom stereocenters. The van der Waals surface area contributed by atoms with Crippen LogP contribution in [0.2, 0.25) is 0 Å². The van der Waals surface area contributed by atoms with E-state index in [4.69, 9.17) is 0 Å². The molecule has 0 N–H and O–H groups in total. The lowest BCUT2D eigenvalue weighted by Crippen LogP contribution is -1.96. The maximum atomic E-state index is 10.8. The molecule has 0 aliphatic carbocycles. The SMILES string of the molecule is C/C=C\C(C/C=C(\C)CC)c1cccc([N+](=O)[O-])c1. The Morgan fingerprint density at radius 3 is 2.79 bits per heavy atom. The van der Waals surface area contributed by atoms with Crippen LogP contribution in [0.25, 0.3) is 0 Å². The van der Waals surface area contributed by atoms with Crippen LogP contribution in [-0.2, 0) is 0 Å². The Labute approximate surface area is 114 Å². The van der Waals surface area contributed by atoms with Crippen molar-refractivity contribution in [3.05, 3.63) is 63.7 Å². The largest absolute Gasteiger partial charge is 0.269 e. The first-order chi connectivity index (χ1) is 9.08. The van der Waals surface area contributed by atoms with E-state index < -0.39 is 0 Å². The van der Waals surface area contributed by atoms with E-state index in [0.29, 0.717) is 0 Å². The van der Waals surface area contributed by atoms with Crippen molar-refractivity contribution in [1.82, 2.24) is 0 Å². The van der Waals surface area contributed by atoms with Gasteiger partial charge in [0.15, 0.2) is 0 Å². The van der Waals surface area contributed by atoms with Gasteiger partial charge in [0.1, 0.15) is 0 Å². The molecular weight excluding hydrogens is 238 g/mol. The van der Waals surface area contributed by atoms with E-state index >= 15 is 0 Å². The second-order valence-corrected chi connectivity index (χ2v) is 4.62. The van der Waals surface area contributed by atoms with Crippen LogP contribution in [0.3, 0.4) is 0 Å². The van der Waals surface area contributed by atoms with Crippen LogP contribution in [0.15, 0.2) is 48.1 Å². The second kappa shape index (κ2) is 7.52. The van der Waals surface area contributed by atoms with Gasteiger partial charge in [0.2, 0.25) is 0 Å². The molecule has 0 fully saturated rings. The maximum Gasteiger partial charge on any atom is 0.269 e. The average molecular weight is 259 g/mol. The molecule has 1 aromatic carbocycles. The molecule has 102 valence electrons. The number of nitrogens with zero attached hydrogens (tertiary/aromatic N) is 1. The Kier molecular flexibility index (Phi) is 6.00. The van der Waals surface area contributed by atoms with E-state index in [1.54, 1.807) is 12.1 Å². The average Bonchev–Trinajstić information content (AvgIpc) is 2.43. The molecule has 0 amide bonds. The highest BCUT2D eigenvalue weighted by molar-refractivity contribution is 5.37. The van der Waals surface area contributed by atoms with Crippen molar-refractivity contribution in [1.29, 1.82) is 0 Å². The molecule has 0 saturated heterocycles. The fourth-order valence-corrected chi connectivity index (χ4v) is 1.90. The molecule has 0 heterocycles. The van der Waals surface area contributed by atoms with Gasteiger partial charge in [0.05, 0.1) is 4.92 Å². The van der Waals surface area contributed by atoms with Crippen LogP contribution in [0.4, 0.5) is 5.69 Å². The summed E-state index contributed by atoms with van der Waals surface area (Å²) in [5.41, 5.74) is 2.50. The van der Waals surface area contributed by atoms with Crippen LogP contribution in [-0.4, -0.2) is 4.92 Å². The molecule has 0 aliphatic heterocycles. The normalized spacial score (nSPS) is 13.7. The summed E-state index contributed by atoms with van der Waals surface area (Å²) >= 11 is 0. The molecule has 1 unspecified atom stereocenters. The van der Waals surface area contributed by atoms with Crippen LogP contribution < -0.4 is 0 Å². The lowest BCUT2D eigenvalue weighted by molar-refractivity contribution is -0.384. The number of hydrogen-bond donors (Lipinski definition) is 0. The summed E-state index contributed by atoms with van der Waals surface area (Å²) in [6, 6.07) is 6.90. The first-order valence-corrected chi connectivity index (χ1v) is 6.61. The third kappa shape index (κ3) is 4.70. The fourth-order valence-electron chi connectivity index (χ4n) is 1.90. The van der Waals surface area contributed by atoms with E-state index in [1.165, 1.54) is 11.6 Å². The highest BCUT2D eigenvalue weighted by Crippen LogP contribution is 2.26. The summed E-state index contributed by atoms with van der Waals surface area (Å²) in [7, 11) is 0. The van der Waals surface area contributed by atoms with Crippen LogP contribution in [0, 0.1) is 10.1 Å². The molecule has 0 aliphatic rings. The number of benzene rings is 1. The van der Waals surface area contributed by atoms with Crippen LogP contribution in [0.1, 0.15) is 45.1 Å². The monoisotopic (exact) mass is 259 g/mol.